The molecule has 3 aromatic rings. The minimum absolute atomic E-state index is 0.685. The number of hydrogen-bond acceptors (Lipinski definition) is 4. The molecule has 0 aliphatic heterocycles. The lowest BCUT2D eigenvalue weighted by molar-refractivity contribution is 0.315. The molecular formula is C20H28N4O. The van der Waals surface area contributed by atoms with Crippen molar-refractivity contribution >= 4 is 10.9 Å². The number of aromatic amines is 1. The number of nitrogens with zero attached hydrogens (tertiary/aromatic N) is 3. The van der Waals surface area contributed by atoms with E-state index >= 15 is 0 Å². The molecule has 5 heteroatoms. The van der Waals surface area contributed by atoms with E-state index in [4.69, 9.17) is 4.52 Å². The Morgan fingerprint density at radius 1 is 1.12 bits per heavy atom. The maximum atomic E-state index is 5.48. The molecule has 0 radical (unpaired) electrons. The van der Waals surface area contributed by atoms with Crippen LogP contribution in [0.5, 0.6) is 0 Å². The third kappa shape index (κ3) is 4.28. The van der Waals surface area contributed by atoms with E-state index in [-0.39, 0.29) is 0 Å². The van der Waals surface area contributed by atoms with Crippen LogP contribution in [-0.4, -0.2) is 40.2 Å². The highest BCUT2D eigenvalue weighted by Crippen LogP contribution is 2.30. The summed E-state index contributed by atoms with van der Waals surface area (Å²) in [5.41, 5.74) is 3.23. The van der Waals surface area contributed by atoms with Crippen molar-refractivity contribution in [1.82, 2.24) is 20.0 Å². The summed E-state index contributed by atoms with van der Waals surface area (Å²) in [6.45, 7) is 6.59. The number of rotatable bonds is 9. The third-order valence-corrected chi connectivity index (χ3v) is 4.66. The summed E-state index contributed by atoms with van der Waals surface area (Å²) in [7, 11) is 2.19. The molecule has 0 saturated carbocycles. The topological polar surface area (TPSA) is 58.0 Å². The quantitative estimate of drug-likeness (QED) is 0.579. The molecule has 5 nitrogen and oxygen atoms in total. The predicted molar refractivity (Wildman–Crippen MR) is 102 cm³/mol. The second-order valence-electron chi connectivity index (χ2n) is 6.80. The van der Waals surface area contributed by atoms with Crippen LogP contribution in [0.1, 0.15) is 44.2 Å². The van der Waals surface area contributed by atoms with Crippen molar-refractivity contribution < 1.29 is 4.52 Å². The first kappa shape index (κ1) is 17.7. The van der Waals surface area contributed by atoms with E-state index in [0.29, 0.717) is 5.82 Å². The van der Waals surface area contributed by atoms with Gasteiger partial charge in [0.25, 0.3) is 0 Å². The Morgan fingerprint density at radius 2 is 1.92 bits per heavy atom. The fourth-order valence-corrected chi connectivity index (χ4v) is 3.22. The first-order chi connectivity index (χ1) is 12.2. The van der Waals surface area contributed by atoms with Crippen LogP contribution >= 0.6 is 0 Å². The Kier molecular flexibility index (Phi) is 5.87. The number of H-pyrrole nitrogens is 1. The molecule has 0 bridgehead atoms. The summed E-state index contributed by atoms with van der Waals surface area (Å²) >= 11 is 0. The van der Waals surface area contributed by atoms with Gasteiger partial charge in [-0.1, -0.05) is 36.7 Å². The number of aromatic nitrogens is 3. The fraction of sp³-hybridized carbons (Fsp3) is 0.500. The van der Waals surface area contributed by atoms with Gasteiger partial charge in [-0.3, -0.25) is 0 Å². The van der Waals surface area contributed by atoms with Gasteiger partial charge in [0.05, 0.1) is 5.56 Å². The van der Waals surface area contributed by atoms with Gasteiger partial charge in [-0.15, -0.1) is 0 Å². The summed E-state index contributed by atoms with van der Waals surface area (Å²) < 4.78 is 5.48. The van der Waals surface area contributed by atoms with E-state index in [2.05, 4.69) is 53.1 Å². The van der Waals surface area contributed by atoms with Crippen molar-refractivity contribution in [2.45, 2.75) is 46.0 Å². The number of para-hydroxylation sites is 1. The number of unbranched alkanes of at least 4 members (excludes halogenated alkanes) is 2. The average molecular weight is 340 g/mol. The van der Waals surface area contributed by atoms with Crippen LogP contribution in [0.3, 0.4) is 0 Å². The lowest BCUT2D eigenvalue weighted by Gasteiger charge is -2.15. The maximum absolute atomic E-state index is 5.48. The molecule has 0 saturated heterocycles. The van der Waals surface area contributed by atoms with Gasteiger partial charge in [0, 0.05) is 23.0 Å². The third-order valence-electron chi connectivity index (χ3n) is 4.66. The summed E-state index contributed by atoms with van der Waals surface area (Å²) in [4.78, 5) is 10.4. The van der Waals surface area contributed by atoms with Crippen LogP contribution < -0.4 is 0 Å². The van der Waals surface area contributed by atoms with Crippen molar-refractivity contribution in [2.75, 3.05) is 20.1 Å². The molecule has 3 rings (SSSR count). The Hall–Kier alpha value is -2.14. The minimum atomic E-state index is 0.685. The first-order valence-corrected chi connectivity index (χ1v) is 9.28. The van der Waals surface area contributed by atoms with Crippen molar-refractivity contribution in [3.8, 4) is 11.4 Å². The highest BCUT2D eigenvalue weighted by Gasteiger charge is 2.16. The van der Waals surface area contributed by atoms with E-state index in [1.807, 2.05) is 12.1 Å². The van der Waals surface area contributed by atoms with E-state index in [0.717, 1.165) is 53.9 Å². The summed E-state index contributed by atoms with van der Waals surface area (Å²) in [5, 5.41) is 5.35. The number of aryl methyl sites for hydroxylation is 2. The van der Waals surface area contributed by atoms with Gasteiger partial charge in [0.1, 0.15) is 0 Å². The SMILES string of the molecule is CCCCN(C)CCCCc1nc(-c2c(C)[nH]c3ccccc23)no1. The van der Waals surface area contributed by atoms with Crippen molar-refractivity contribution in [3.63, 3.8) is 0 Å². The minimum Gasteiger partial charge on any atom is -0.358 e. The molecule has 1 N–H and O–H groups in total. The Balaban J connectivity index is 1.58. The summed E-state index contributed by atoms with van der Waals surface area (Å²) in [6.07, 6.45) is 5.60. The van der Waals surface area contributed by atoms with E-state index in [1.54, 1.807) is 0 Å². The smallest absolute Gasteiger partial charge is 0.226 e. The average Bonchev–Trinajstić information content (AvgIpc) is 3.19. The number of benzene rings is 1. The molecule has 0 aliphatic carbocycles. The number of fused-ring (bicyclic) bond motifs is 1. The lowest BCUT2D eigenvalue weighted by atomic mass is 10.1. The molecule has 25 heavy (non-hydrogen) atoms. The zero-order valence-electron chi connectivity index (χ0n) is 15.5. The molecule has 0 spiro atoms. The highest BCUT2D eigenvalue weighted by atomic mass is 16.5. The number of nitrogens with one attached hydrogen (secondary N) is 1. The van der Waals surface area contributed by atoms with Crippen LogP contribution in [0, 0.1) is 6.92 Å². The van der Waals surface area contributed by atoms with E-state index in [1.165, 1.54) is 19.4 Å². The Bertz CT molecular complexity index is 805. The van der Waals surface area contributed by atoms with Crippen LogP contribution in [0.2, 0.25) is 0 Å². The summed E-state index contributed by atoms with van der Waals surface area (Å²) in [5.74, 6) is 1.42. The molecule has 0 unspecified atom stereocenters. The van der Waals surface area contributed by atoms with Gasteiger partial charge in [-0.05, 0) is 52.4 Å². The van der Waals surface area contributed by atoms with Crippen LogP contribution in [0.25, 0.3) is 22.3 Å². The summed E-state index contributed by atoms with van der Waals surface area (Å²) in [6, 6.07) is 8.23. The molecule has 0 atom stereocenters. The van der Waals surface area contributed by atoms with Gasteiger partial charge in [0.2, 0.25) is 11.7 Å². The molecule has 2 heterocycles. The van der Waals surface area contributed by atoms with Crippen molar-refractivity contribution in [2.24, 2.45) is 0 Å². The van der Waals surface area contributed by atoms with Gasteiger partial charge >= 0.3 is 0 Å². The zero-order chi connectivity index (χ0) is 17.6. The van der Waals surface area contributed by atoms with Crippen LogP contribution in [0.15, 0.2) is 28.8 Å². The van der Waals surface area contributed by atoms with Gasteiger partial charge in [-0.25, -0.2) is 0 Å². The van der Waals surface area contributed by atoms with Crippen molar-refractivity contribution in [1.29, 1.82) is 0 Å². The molecule has 0 aliphatic rings. The molecular weight excluding hydrogens is 312 g/mol. The fourth-order valence-electron chi connectivity index (χ4n) is 3.22. The predicted octanol–water partition coefficient (Wildman–Crippen LogP) is 4.58. The monoisotopic (exact) mass is 340 g/mol. The normalized spacial score (nSPS) is 11.7. The second kappa shape index (κ2) is 8.30. The Labute approximate surface area is 149 Å². The second-order valence-corrected chi connectivity index (χ2v) is 6.80. The van der Waals surface area contributed by atoms with E-state index in [9.17, 15) is 0 Å². The molecule has 0 fully saturated rings. The molecule has 2 aromatic heterocycles. The van der Waals surface area contributed by atoms with Gasteiger partial charge in [0.15, 0.2) is 0 Å². The molecule has 134 valence electrons. The first-order valence-electron chi connectivity index (χ1n) is 9.28. The van der Waals surface area contributed by atoms with Crippen molar-refractivity contribution in [3.05, 3.63) is 35.9 Å². The van der Waals surface area contributed by atoms with Crippen LogP contribution in [0.4, 0.5) is 0 Å². The molecule has 0 amide bonds. The zero-order valence-corrected chi connectivity index (χ0v) is 15.5. The maximum Gasteiger partial charge on any atom is 0.226 e. The van der Waals surface area contributed by atoms with Gasteiger partial charge < -0.3 is 14.4 Å². The largest absolute Gasteiger partial charge is 0.358 e. The lowest BCUT2D eigenvalue weighted by Crippen LogP contribution is -2.20. The van der Waals surface area contributed by atoms with Gasteiger partial charge in [-0.2, -0.15) is 4.98 Å². The van der Waals surface area contributed by atoms with E-state index < -0.39 is 0 Å². The molecule has 1 aromatic carbocycles. The van der Waals surface area contributed by atoms with Crippen LogP contribution in [-0.2, 0) is 6.42 Å². The standard InChI is InChI=1S/C20H28N4O/c1-4-5-13-24(3)14-9-8-12-18-22-20(23-25-18)19-15(2)21-17-11-7-6-10-16(17)19/h6-7,10-11,21H,4-5,8-9,12-14H2,1-3H3. The number of hydrogen-bond donors (Lipinski definition) is 1. The highest BCUT2D eigenvalue weighted by molar-refractivity contribution is 5.95. The Morgan fingerprint density at radius 3 is 2.76 bits per heavy atom.